The van der Waals surface area contributed by atoms with Crippen LogP contribution in [0, 0.1) is 24.6 Å². The SMILES string of the molecule is Cc1cc(S(=O)(=O)NC(C2CC2)C2CC2)cc(N)c1F. The maximum Gasteiger partial charge on any atom is 0.240 e. The zero-order valence-corrected chi connectivity index (χ0v) is 12.2. The van der Waals surface area contributed by atoms with Gasteiger partial charge in [-0.05, 0) is 62.1 Å². The first-order valence-electron chi connectivity index (χ1n) is 6.96. The highest BCUT2D eigenvalue weighted by Crippen LogP contribution is 2.45. The molecule has 0 unspecified atom stereocenters. The number of anilines is 1. The molecule has 0 aliphatic heterocycles. The van der Waals surface area contributed by atoms with Crippen LogP contribution in [0.25, 0.3) is 0 Å². The average molecular weight is 298 g/mol. The third-order valence-corrected chi connectivity index (χ3v) is 5.56. The normalized spacial score (nSPS) is 19.6. The summed E-state index contributed by atoms with van der Waals surface area (Å²) in [4.78, 5) is 0.0557. The second kappa shape index (κ2) is 4.70. The van der Waals surface area contributed by atoms with Gasteiger partial charge >= 0.3 is 0 Å². The Morgan fingerprint density at radius 1 is 1.25 bits per heavy atom. The Kier molecular flexibility index (Phi) is 3.25. The zero-order chi connectivity index (χ0) is 14.5. The molecule has 2 fully saturated rings. The van der Waals surface area contributed by atoms with Crippen LogP contribution < -0.4 is 10.5 Å². The number of nitrogens with one attached hydrogen (secondary N) is 1. The van der Waals surface area contributed by atoms with Crippen molar-refractivity contribution in [3.8, 4) is 0 Å². The Balaban J connectivity index is 1.87. The van der Waals surface area contributed by atoms with Gasteiger partial charge in [-0.1, -0.05) is 0 Å². The minimum atomic E-state index is -3.63. The smallest absolute Gasteiger partial charge is 0.240 e. The molecular formula is C14H19FN2O2S. The van der Waals surface area contributed by atoms with Gasteiger partial charge in [-0.3, -0.25) is 0 Å². The van der Waals surface area contributed by atoms with E-state index in [0.717, 1.165) is 25.7 Å². The largest absolute Gasteiger partial charge is 0.396 e. The Morgan fingerprint density at radius 2 is 1.80 bits per heavy atom. The predicted octanol–water partition coefficient (Wildman–Crippen LogP) is 2.18. The van der Waals surface area contributed by atoms with E-state index < -0.39 is 15.8 Å². The Labute approximate surface area is 118 Å². The van der Waals surface area contributed by atoms with E-state index in [4.69, 9.17) is 5.73 Å². The van der Waals surface area contributed by atoms with Crippen molar-refractivity contribution in [1.82, 2.24) is 4.72 Å². The van der Waals surface area contributed by atoms with Crippen molar-refractivity contribution in [3.63, 3.8) is 0 Å². The number of nitrogen functional groups attached to an aromatic ring is 1. The highest BCUT2D eigenvalue weighted by molar-refractivity contribution is 7.89. The first-order chi connectivity index (χ1) is 9.38. The van der Waals surface area contributed by atoms with E-state index in [-0.39, 0.29) is 22.2 Å². The Bertz CT molecular complexity index is 602. The van der Waals surface area contributed by atoms with E-state index in [9.17, 15) is 12.8 Å². The standard InChI is InChI=1S/C14H19FN2O2S/c1-8-6-11(7-12(16)13(8)15)20(18,19)17-14(9-2-3-9)10-4-5-10/h6-7,9-10,14,17H,2-5,16H2,1H3. The lowest BCUT2D eigenvalue weighted by molar-refractivity contribution is 0.471. The van der Waals surface area contributed by atoms with E-state index in [1.54, 1.807) is 0 Å². The van der Waals surface area contributed by atoms with Gasteiger partial charge in [0.05, 0.1) is 10.6 Å². The third kappa shape index (κ3) is 2.67. The molecule has 0 bridgehead atoms. The van der Waals surface area contributed by atoms with Gasteiger partial charge in [0, 0.05) is 6.04 Å². The molecule has 1 aromatic rings. The van der Waals surface area contributed by atoms with Crippen LogP contribution >= 0.6 is 0 Å². The molecule has 1 aromatic carbocycles. The van der Waals surface area contributed by atoms with Crippen molar-refractivity contribution in [2.45, 2.75) is 43.5 Å². The molecule has 2 aliphatic carbocycles. The Hall–Kier alpha value is -1.14. The second-order valence-corrected chi connectivity index (χ2v) is 7.68. The molecule has 0 amide bonds. The molecule has 2 aliphatic rings. The van der Waals surface area contributed by atoms with E-state index >= 15 is 0 Å². The molecule has 4 nitrogen and oxygen atoms in total. The summed E-state index contributed by atoms with van der Waals surface area (Å²) in [6.45, 7) is 1.52. The molecule has 0 spiro atoms. The van der Waals surface area contributed by atoms with E-state index in [2.05, 4.69) is 4.72 Å². The number of halogens is 1. The fourth-order valence-electron chi connectivity index (χ4n) is 2.65. The van der Waals surface area contributed by atoms with Crippen molar-refractivity contribution in [1.29, 1.82) is 0 Å². The lowest BCUT2D eigenvalue weighted by atomic mass is 10.1. The molecule has 6 heteroatoms. The second-order valence-electron chi connectivity index (χ2n) is 5.97. The number of rotatable bonds is 5. The predicted molar refractivity (Wildman–Crippen MR) is 75.1 cm³/mol. The number of hydrogen-bond donors (Lipinski definition) is 2. The van der Waals surface area contributed by atoms with Crippen LogP contribution in [-0.4, -0.2) is 14.5 Å². The van der Waals surface area contributed by atoms with Crippen LogP contribution in [-0.2, 0) is 10.0 Å². The molecule has 110 valence electrons. The summed E-state index contributed by atoms with van der Waals surface area (Å²) in [6.07, 6.45) is 4.37. The van der Waals surface area contributed by atoms with Crippen LogP contribution in [0.3, 0.4) is 0 Å². The minimum Gasteiger partial charge on any atom is -0.396 e. The summed E-state index contributed by atoms with van der Waals surface area (Å²) in [5.41, 5.74) is 5.65. The number of aryl methyl sites for hydroxylation is 1. The first-order valence-corrected chi connectivity index (χ1v) is 8.45. The number of benzene rings is 1. The van der Waals surface area contributed by atoms with Crippen LogP contribution in [0.5, 0.6) is 0 Å². The molecular weight excluding hydrogens is 279 g/mol. The van der Waals surface area contributed by atoms with Gasteiger partial charge in [0.1, 0.15) is 5.82 Å². The van der Waals surface area contributed by atoms with Crippen molar-refractivity contribution >= 4 is 15.7 Å². The summed E-state index contributed by atoms with van der Waals surface area (Å²) in [6, 6.07) is 2.57. The number of sulfonamides is 1. The molecule has 0 aromatic heterocycles. The first kappa shape index (κ1) is 13.8. The molecule has 20 heavy (non-hydrogen) atoms. The van der Waals surface area contributed by atoms with E-state index in [1.165, 1.54) is 19.1 Å². The molecule has 0 atom stereocenters. The average Bonchev–Trinajstić information content (AvgIpc) is 3.26. The minimum absolute atomic E-state index is 0.0339. The molecule has 2 saturated carbocycles. The third-order valence-electron chi connectivity index (χ3n) is 4.12. The van der Waals surface area contributed by atoms with Crippen molar-refractivity contribution < 1.29 is 12.8 Å². The summed E-state index contributed by atoms with van der Waals surface area (Å²) >= 11 is 0. The van der Waals surface area contributed by atoms with Crippen LogP contribution in [0.1, 0.15) is 31.2 Å². The molecule has 0 heterocycles. The lowest BCUT2D eigenvalue weighted by Gasteiger charge is -2.18. The summed E-state index contributed by atoms with van der Waals surface area (Å²) < 4.78 is 41.2. The van der Waals surface area contributed by atoms with Crippen LogP contribution in [0.4, 0.5) is 10.1 Å². The molecule has 3 N–H and O–H groups in total. The lowest BCUT2D eigenvalue weighted by Crippen LogP contribution is -2.38. The van der Waals surface area contributed by atoms with Gasteiger partial charge in [-0.2, -0.15) is 0 Å². The van der Waals surface area contributed by atoms with E-state index in [1.807, 2.05) is 0 Å². The monoisotopic (exact) mass is 298 g/mol. The summed E-state index contributed by atoms with van der Waals surface area (Å²) in [5, 5.41) is 0. The highest BCUT2D eigenvalue weighted by Gasteiger charge is 2.43. The van der Waals surface area contributed by atoms with Gasteiger partial charge < -0.3 is 5.73 Å². The van der Waals surface area contributed by atoms with Crippen molar-refractivity contribution in [3.05, 3.63) is 23.5 Å². The van der Waals surface area contributed by atoms with Crippen molar-refractivity contribution in [2.75, 3.05) is 5.73 Å². The fraction of sp³-hybridized carbons (Fsp3) is 0.571. The van der Waals surface area contributed by atoms with Gasteiger partial charge in [0.25, 0.3) is 0 Å². The number of hydrogen-bond acceptors (Lipinski definition) is 3. The van der Waals surface area contributed by atoms with Crippen molar-refractivity contribution in [2.24, 2.45) is 11.8 Å². The fourth-order valence-corrected chi connectivity index (χ4v) is 4.15. The van der Waals surface area contributed by atoms with Gasteiger partial charge in [-0.15, -0.1) is 0 Å². The zero-order valence-electron chi connectivity index (χ0n) is 11.4. The topological polar surface area (TPSA) is 72.2 Å². The molecule has 0 saturated heterocycles. The summed E-state index contributed by atoms with van der Waals surface area (Å²) in [7, 11) is -3.63. The van der Waals surface area contributed by atoms with Crippen LogP contribution in [0.15, 0.2) is 17.0 Å². The molecule has 0 radical (unpaired) electrons. The van der Waals surface area contributed by atoms with Gasteiger partial charge in [-0.25, -0.2) is 17.5 Å². The van der Waals surface area contributed by atoms with Crippen LogP contribution in [0.2, 0.25) is 0 Å². The highest BCUT2D eigenvalue weighted by atomic mass is 32.2. The van der Waals surface area contributed by atoms with E-state index in [0.29, 0.717) is 11.8 Å². The van der Waals surface area contributed by atoms with Gasteiger partial charge in [0.2, 0.25) is 10.0 Å². The number of nitrogens with two attached hydrogens (primary N) is 1. The summed E-state index contributed by atoms with van der Waals surface area (Å²) in [5.74, 6) is 0.386. The maximum absolute atomic E-state index is 13.5. The maximum atomic E-state index is 13.5. The quantitative estimate of drug-likeness (QED) is 0.818. The molecule has 3 rings (SSSR count). The Morgan fingerprint density at radius 3 is 2.25 bits per heavy atom. The van der Waals surface area contributed by atoms with Gasteiger partial charge in [0.15, 0.2) is 0 Å².